The molecular weight excluding hydrogens is 270 g/mol. The Morgan fingerprint density at radius 3 is 2.62 bits per heavy atom. The highest BCUT2D eigenvalue weighted by atomic mass is 16.4. The van der Waals surface area contributed by atoms with Gasteiger partial charge in [0.2, 0.25) is 0 Å². The summed E-state index contributed by atoms with van der Waals surface area (Å²) in [5, 5.41) is 13.2. The van der Waals surface area contributed by atoms with Crippen LogP contribution in [-0.4, -0.2) is 44.8 Å². The molecule has 6 heteroatoms. The summed E-state index contributed by atoms with van der Waals surface area (Å²) in [7, 11) is 0. The molecule has 1 N–H and O–H groups in total. The molecule has 1 aliphatic heterocycles. The Kier molecular flexibility index (Phi) is 3.43. The van der Waals surface area contributed by atoms with Gasteiger partial charge in [-0.25, -0.2) is 4.68 Å². The van der Waals surface area contributed by atoms with E-state index in [1.165, 1.54) is 0 Å². The Morgan fingerprint density at radius 2 is 1.95 bits per heavy atom. The van der Waals surface area contributed by atoms with Crippen molar-refractivity contribution in [3.63, 3.8) is 0 Å². The first-order valence-corrected chi connectivity index (χ1v) is 6.78. The Hall–Kier alpha value is -2.63. The van der Waals surface area contributed by atoms with Gasteiger partial charge < -0.3 is 10.0 Å². The first kappa shape index (κ1) is 13.4. The maximum Gasteiger partial charge on any atom is 0.308 e. The number of likely N-dealkylation sites (tertiary alicyclic amines) is 1. The molecule has 21 heavy (non-hydrogen) atoms. The molecule has 1 saturated heterocycles. The van der Waals surface area contributed by atoms with Gasteiger partial charge in [0, 0.05) is 13.1 Å². The molecule has 1 aromatic heterocycles. The molecule has 2 heterocycles. The number of carbonyl (C=O) groups excluding carboxylic acids is 1. The van der Waals surface area contributed by atoms with Crippen molar-refractivity contribution < 1.29 is 14.7 Å². The fourth-order valence-corrected chi connectivity index (χ4v) is 2.55. The summed E-state index contributed by atoms with van der Waals surface area (Å²) in [5.41, 5.74) is 1.26. The molecule has 0 bridgehead atoms. The van der Waals surface area contributed by atoms with Crippen LogP contribution in [0.15, 0.2) is 42.6 Å². The Morgan fingerprint density at radius 1 is 1.19 bits per heavy atom. The van der Waals surface area contributed by atoms with Crippen LogP contribution in [0.5, 0.6) is 0 Å². The zero-order valence-corrected chi connectivity index (χ0v) is 11.3. The lowest BCUT2D eigenvalue weighted by atomic mass is 10.1. The van der Waals surface area contributed by atoms with Crippen LogP contribution in [0, 0.1) is 5.92 Å². The van der Waals surface area contributed by atoms with Gasteiger partial charge in [-0.3, -0.25) is 9.59 Å². The molecule has 0 aliphatic carbocycles. The fourth-order valence-electron chi connectivity index (χ4n) is 2.55. The fraction of sp³-hybridized carbons (Fsp3) is 0.267. The van der Waals surface area contributed by atoms with Gasteiger partial charge in [-0.05, 0) is 24.6 Å². The van der Waals surface area contributed by atoms with Gasteiger partial charge in [0.1, 0.15) is 5.69 Å². The van der Waals surface area contributed by atoms with Gasteiger partial charge >= 0.3 is 5.97 Å². The van der Waals surface area contributed by atoms with Crippen LogP contribution in [-0.2, 0) is 4.79 Å². The van der Waals surface area contributed by atoms with Gasteiger partial charge in [-0.15, -0.1) is 0 Å². The van der Waals surface area contributed by atoms with Crippen molar-refractivity contribution >= 4 is 11.9 Å². The van der Waals surface area contributed by atoms with Crippen LogP contribution in [0.25, 0.3) is 5.69 Å². The second kappa shape index (κ2) is 5.40. The number of carboxylic acids is 1. The van der Waals surface area contributed by atoms with Gasteiger partial charge in [0.25, 0.3) is 5.91 Å². The normalized spacial score (nSPS) is 17.9. The average molecular weight is 285 g/mol. The lowest BCUT2D eigenvalue weighted by Gasteiger charge is -2.16. The summed E-state index contributed by atoms with van der Waals surface area (Å²) in [5.74, 6) is -1.50. The smallest absolute Gasteiger partial charge is 0.308 e. The molecular formula is C15H15N3O3. The number of amides is 1. The van der Waals surface area contributed by atoms with Crippen LogP contribution in [0.4, 0.5) is 0 Å². The first-order chi connectivity index (χ1) is 10.2. The third-order valence-corrected chi connectivity index (χ3v) is 3.69. The zero-order valence-electron chi connectivity index (χ0n) is 11.3. The van der Waals surface area contributed by atoms with Crippen LogP contribution >= 0.6 is 0 Å². The number of carboxylic acid groups (broad SMARTS) is 1. The lowest BCUT2D eigenvalue weighted by Crippen LogP contribution is -2.31. The number of hydrogen-bond donors (Lipinski definition) is 1. The van der Waals surface area contributed by atoms with E-state index in [0.29, 0.717) is 18.7 Å². The summed E-state index contributed by atoms with van der Waals surface area (Å²) >= 11 is 0. The molecule has 1 unspecified atom stereocenters. The predicted octanol–water partition coefficient (Wildman–Crippen LogP) is 1.42. The topological polar surface area (TPSA) is 75.4 Å². The summed E-state index contributed by atoms with van der Waals surface area (Å²) in [6.45, 7) is 0.726. The van der Waals surface area contributed by atoms with Crippen molar-refractivity contribution in [1.29, 1.82) is 0 Å². The highest BCUT2D eigenvalue weighted by Crippen LogP contribution is 2.20. The van der Waals surface area contributed by atoms with E-state index in [9.17, 15) is 9.59 Å². The number of para-hydroxylation sites is 1. The number of hydrogen-bond acceptors (Lipinski definition) is 3. The highest BCUT2D eigenvalue weighted by molar-refractivity contribution is 5.93. The molecule has 6 nitrogen and oxygen atoms in total. The van der Waals surface area contributed by atoms with E-state index in [-0.39, 0.29) is 12.5 Å². The van der Waals surface area contributed by atoms with E-state index in [2.05, 4.69) is 5.10 Å². The predicted molar refractivity (Wildman–Crippen MR) is 75.2 cm³/mol. The second-order valence-corrected chi connectivity index (χ2v) is 5.04. The van der Waals surface area contributed by atoms with E-state index in [1.807, 2.05) is 30.3 Å². The molecule has 0 spiro atoms. The monoisotopic (exact) mass is 285 g/mol. The van der Waals surface area contributed by atoms with Gasteiger partial charge in [0.05, 0.1) is 17.8 Å². The largest absolute Gasteiger partial charge is 0.481 e. The van der Waals surface area contributed by atoms with E-state index < -0.39 is 11.9 Å². The number of nitrogens with zero attached hydrogens (tertiary/aromatic N) is 3. The standard InChI is InChI=1S/C15H15N3O3/c19-14(17-9-7-11(10-17)15(20)21)13-6-8-16-18(13)12-4-2-1-3-5-12/h1-6,8,11H,7,9-10H2,(H,20,21). The molecule has 1 amide bonds. The van der Waals surface area contributed by atoms with Gasteiger partial charge in [-0.1, -0.05) is 18.2 Å². The summed E-state index contributed by atoms with van der Waals surface area (Å²) in [4.78, 5) is 25.1. The average Bonchev–Trinajstić information content (AvgIpc) is 3.17. The summed E-state index contributed by atoms with van der Waals surface area (Å²) < 4.78 is 1.58. The van der Waals surface area contributed by atoms with Gasteiger partial charge in [-0.2, -0.15) is 5.10 Å². The first-order valence-electron chi connectivity index (χ1n) is 6.78. The third kappa shape index (κ3) is 2.52. The van der Waals surface area contributed by atoms with Crippen LogP contribution in [0.1, 0.15) is 16.9 Å². The third-order valence-electron chi connectivity index (χ3n) is 3.69. The molecule has 1 atom stereocenters. The number of aromatic nitrogens is 2. The number of rotatable bonds is 3. The second-order valence-electron chi connectivity index (χ2n) is 5.04. The Bertz CT molecular complexity index is 666. The zero-order chi connectivity index (χ0) is 14.8. The minimum absolute atomic E-state index is 0.180. The summed E-state index contributed by atoms with van der Waals surface area (Å²) in [6, 6.07) is 11.0. The van der Waals surface area contributed by atoms with Crippen molar-refractivity contribution in [3.8, 4) is 5.69 Å². The van der Waals surface area contributed by atoms with Crippen molar-refractivity contribution in [2.45, 2.75) is 6.42 Å². The van der Waals surface area contributed by atoms with Crippen molar-refractivity contribution in [1.82, 2.24) is 14.7 Å². The SMILES string of the molecule is O=C(O)C1CCN(C(=O)c2ccnn2-c2ccccc2)C1. The molecule has 2 aromatic rings. The molecule has 0 saturated carbocycles. The van der Waals surface area contributed by atoms with E-state index in [4.69, 9.17) is 5.11 Å². The molecule has 1 aromatic carbocycles. The van der Waals surface area contributed by atoms with E-state index in [1.54, 1.807) is 21.8 Å². The maximum atomic E-state index is 12.5. The minimum atomic E-state index is -0.845. The Labute approximate surface area is 121 Å². The van der Waals surface area contributed by atoms with Crippen LogP contribution in [0.2, 0.25) is 0 Å². The Balaban J connectivity index is 1.84. The highest BCUT2D eigenvalue weighted by Gasteiger charge is 2.32. The quantitative estimate of drug-likeness (QED) is 0.925. The van der Waals surface area contributed by atoms with Gasteiger partial charge in [0.15, 0.2) is 0 Å². The molecule has 108 valence electrons. The van der Waals surface area contributed by atoms with Crippen molar-refractivity contribution in [2.24, 2.45) is 5.92 Å². The number of benzene rings is 1. The van der Waals surface area contributed by atoms with Crippen molar-refractivity contribution in [3.05, 3.63) is 48.3 Å². The van der Waals surface area contributed by atoms with Crippen LogP contribution < -0.4 is 0 Å². The van der Waals surface area contributed by atoms with E-state index >= 15 is 0 Å². The van der Waals surface area contributed by atoms with Crippen molar-refractivity contribution in [2.75, 3.05) is 13.1 Å². The molecule has 3 rings (SSSR count). The lowest BCUT2D eigenvalue weighted by molar-refractivity contribution is -0.141. The molecule has 0 radical (unpaired) electrons. The number of aliphatic carboxylic acids is 1. The number of carbonyl (C=O) groups is 2. The molecule has 1 fully saturated rings. The minimum Gasteiger partial charge on any atom is -0.481 e. The summed E-state index contributed by atoms with van der Waals surface area (Å²) in [6.07, 6.45) is 2.07. The van der Waals surface area contributed by atoms with E-state index in [0.717, 1.165) is 5.69 Å². The van der Waals surface area contributed by atoms with Crippen LogP contribution in [0.3, 0.4) is 0 Å². The maximum absolute atomic E-state index is 12.5. The molecule has 1 aliphatic rings.